The van der Waals surface area contributed by atoms with E-state index in [1.165, 1.54) is 0 Å². The number of aliphatic hydroxyl groups is 1. The highest BCUT2D eigenvalue weighted by atomic mass is 79.9. The predicted molar refractivity (Wildman–Crippen MR) is 76.6 cm³/mol. The summed E-state index contributed by atoms with van der Waals surface area (Å²) in [7, 11) is 0. The lowest BCUT2D eigenvalue weighted by molar-refractivity contribution is 0.281. The summed E-state index contributed by atoms with van der Waals surface area (Å²) in [5.74, 6) is 1.11. The topological polar surface area (TPSA) is 29.5 Å². The Morgan fingerprint density at radius 1 is 1.17 bits per heavy atom. The molecule has 0 amide bonds. The van der Waals surface area contributed by atoms with Gasteiger partial charge in [0.15, 0.2) is 0 Å². The van der Waals surface area contributed by atoms with E-state index in [4.69, 9.17) is 33.0 Å². The van der Waals surface area contributed by atoms with Crippen molar-refractivity contribution < 1.29 is 9.84 Å². The van der Waals surface area contributed by atoms with E-state index in [9.17, 15) is 0 Å². The first-order valence-electron chi connectivity index (χ1n) is 5.13. The lowest BCUT2D eigenvalue weighted by Crippen LogP contribution is -1.89. The van der Waals surface area contributed by atoms with Crippen LogP contribution in [0.25, 0.3) is 0 Å². The highest BCUT2D eigenvalue weighted by molar-refractivity contribution is 9.10. The highest BCUT2D eigenvalue weighted by Gasteiger charge is 2.08. The van der Waals surface area contributed by atoms with Crippen molar-refractivity contribution in [3.8, 4) is 11.5 Å². The molecule has 0 aliphatic rings. The molecule has 0 spiro atoms. The average Bonchev–Trinajstić information content (AvgIpc) is 2.35. The summed E-state index contributed by atoms with van der Waals surface area (Å²) >= 11 is 15.3. The summed E-state index contributed by atoms with van der Waals surface area (Å²) in [4.78, 5) is 0. The van der Waals surface area contributed by atoms with Gasteiger partial charge in [0.05, 0.1) is 11.6 Å². The molecular weight excluding hydrogens is 339 g/mol. The Balaban J connectivity index is 2.29. The van der Waals surface area contributed by atoms with Crippen LogP contribution in [0.15, 0.2) is 40.9 Å². The quantitative estimate of drug-likeness (QED) is 0.842. The van der Waals surface area contributed by atoms with Crippen LogP contribution >= 0.6 is 39.1 Å². The fourth-order valence-corrected chi connectivity index (χ4v) is 2.22. The third-order valence-electron chi connectivity index (χ3n) is 2.34. The first-order chi connectivity index (χ1) is 8.61. The second-order valence-electron chi connectivity index (χ2n) is 3.57. The molecule has 5 heteroatoms. The zero-order valence-electron chi connectivity index (χ0n) is 9.16. The molecule has 18 heavy (non-hydrogen) atoms. The van der Waals surface area contributed by atoms with E-state index >= 15 is 0 Å². The number of hydrogen-bond donors (Lipinski definition) is 1. The van der Waals surface area contributed by atoms with Gasteiger partial charge in [0.1, 0.15) is 16.5 Å². The van der Waals surface area contributed by atoms with E-state index in [2.05, 4.69) is 15.9 Å². The Morgan fingerprint density at radius 3 is 2.61 bits per heavy atom. The molecule has 2 rings (SSSR count). The fraction of sp³-hybridized carbons (Fsp3) is 0.0769. The van der Waals surface area contributed by atoms with Gasteiger partial charge in [-0.15, -0.1) is 0 Å². The van der Waals surface area contributed by atoms with Crippen LogP contribution in [0.1, 0.15) is 5.56 Å². The van der Waals surface area contributed by atoms with Crippen molar-refractivity contribution in [2.24, 2.45) is 0 Å². The molecule has 0 aromatic heterocycles. The first kappa shape index (κ1) is 13.7. The van der Waals surface area contributed by atoms with Crippen LogP contribution in [0.4, 0.5) is 0 Å². The smallest absolute Gasteiger partial charge is 0.147 e. The van der Waals surface area contributed by atoms with Crippen LogP contribution in [0.5, 0.6) is 11.5 Å². The van der Waals surface area contributed by atoms with Gasteiger partial charge < -0.3 is 9.84 Å². The molecule has 0 saturated carbocycles. The normalized spacial score (nSPS) is 10.4. The van der Waals surface area contributed by atoms with Crippen molar-refractivity contribution in [3.05, 3.63) is 56.5 Å². The predicted octanol–water partition coefficient (Wildman–Crippen LogP) is 5.04. The van der Waals surface area contributed by atoms with Gasteiger partial charge in [0.25, 0.3) is 0 Å². The summed E-state index contributed by atoms with van der Waals surface area (Å²) < 4.78 is 6.42. The molecule has 0 radical (unpaired) electrons. The highest BCUT2D eigenvalue weighted by Crippen LogP contribution is 2.35. The second kappa shape index (κ2) is 5.93. The van der Waals surface area contributed by atoms with Crippen molar-refractivity contribution in [3.63, 3.8) is 0 Å². The largest absolute Gasteiger partial charge is 0.456 e. The summed E-state index contributed by atoms with van der Waals surface area (Å²) in [5.41, 5.74) is 0.791. The van der Waals surface area contributed by atoms with Gasteiger partial charge in [-0.3, -0.25) is 0 Å². The molecular formula is C13H9BrCl2O2. The monoisotopic (exact) mass is 346 g/mol. The molecule has 0 heterocycles. The number of aliphatic hydroxyl groups excluding tert-OH is 1. The van der Waals surface area contributed by atoms with Crippen molar-refractivity contribution in [2.75, 3.05) is 0 Å². The fourth-order valence-electron chi connectivity index (χ4n) is 1.41. The van der Waals surface area contributed by atoms with Crippen molar-refractivity contribution in [1.82, 2.24) is 0 Å². The van der Waals surface area contributed by atoms with E-state index in [-0.39, 0.29) is 6.61 Å². The number of benzene rings is 2. The Hall–Kier alpha value is -0.740. The minimum atomic E-state index is -0.0290. The number of ether oxygens (including phenoxy) is 1. The van der Waals surface area contributed by atoms with Gasteiger partial charge in [-0.25, -0.2) is 0 Å². The average molecular weight is 348 g/mol. The molecule has 2 aromatic carbocycles. The first-order valence-corrected chi connectivity index (χ1v) is 6.68. The van der Waals surface area contributed by atoms with Crippen molar-refractivity contribution in [1.29, 1.82) is 0 Å². The van der Waals surface area contributed by atoms with E-state index in [1.54, 1.807) is 36.4 Å². The van der Waals surface area contributed by atoms with Crippen molar-refractivity contribution >= 4 is 39.1 Å². The van der Waals surface area contributed by atoms with Crippen LogP contribution in [-0.4, -0.2) is 5.11 Å². The van der Waals surface area contributed by atoms with Crippen LogP contribution in [0.3, 0.4) is 0 Å². The second-order valence-corrected chi connectivity index (χ2v) is 5.20. The maximum absolute atomic E-state index is 9.07. The molecule has 0 aliphatic heterocycles. The van der Waals surface area contributed by atoms with Crippen LogP contribution in [-0.2, 0) is 6.61 Å². The Bertz CT molecular complexity index is 573. The SMILES string of the molecule is OCc1ccc(Oc2cccc(Cl)c2Cl)cc1Br. The molecule has 0 atom stereocenters. The van der Waals surface area contributed by atoms with Gasteiger partial charge in [-0.1, -0.05) is 51.3 Å². The maximum Gasteiger partial charge on any atom is 0.147 e. The summed E-state index contributed by atoms with van der Waals surface area (Å²) in [5, 5.41) is 9.89. The van der Waals surface area contributed by atoms with Crippen molar-refractivity contribution in [2.45, 2.75) is 6.61 Å². The van der Waals surface area contributed by atoms with Gasteiger partial charge in [0, 0.05) is 4.47 Å². The summed E-state index contributed by atoms with van der Waals surface area (Å²) in [6, 6.07) is 10.5. The Labute approximate surface area is 123 Å². The molecule has 2 nitrogen and oxygen atoms in total. The minimum Gasteiger partial charge on any atom is -0.456 e. The zero-order chi connectivity index (χ0) is 13.1. The Morgan fingerprint density at radius 2 is 1.94 bits per heavy atom. The third-order valence-corrected chi connectivity index (χ3v) is 3.88. The van der Waals surface area contributed by atoms with Gasteiger partial charge in [0.2, 0.25) is 0 Å². The Kier molecular flexibility index (Phi) is 4.51. The minimum absolute atomic E-state index is 0.0290. The molecule has 1 N–H and O–H groups in total. The molecule has 94 valence electrons. The lowest BCUT2D eigenvalue weighted by atomic mass is 10.2. The number of hydrogen-bond acceptors (Lipinski definition) is 2. The summed E-state index contributed by atoms with van der Waals surface area (Å²) in [6.45, 7) is -0.0290. The zero-order valence-corrected chi connectivity index (χ0v) is 12.3. The van der Waals surface area contributed by atoms with Gasteiger partial charge in [-0.05, 0) is 29.8 Å². The molecule has 0 aliphatic carbocycles. The summed E-state index contributed by atoms with van der Waals surface area (Å²) in [6.07, 6.45) is 0. The molecule has 0 unspecified atom stereocenters. The van der Waals surface area contributed by atoms with Crippen LogP contribution < -0.4 is 4.74 Å². The van der Waals surface area contributed by atoms with Crippen LogP contribution in [0, 0.1) is 0 Å². The van der Waals surface area contributed by atoms with Gasteiger partial charge >= 0.3 is 0 Å². The van der Waals surface area contributed by atoms with Crippen LogP contribution in [0.2, 0.25) is 10.0 Å². The third kappa shape index (κ3) is 2.98. The molecule has 2 aromatic rings. The van der Waals surface area contributed by atoms with E-state index in [0.717, 1.165) is 10.0 Å². The molecule has 0 saturated heterocycles. The van der Waals surface area contributed by atoms with E-state index < -0.39 is 0 Å². The van der Waals surface area contributed by atoms with E-state index in [1.807, 2.05) is 0 Å². The number of halogens is 3. The molecule has 0 fully saturated rings. The standard InChI is InChI=1S/C13H9BrCl2O2/c14-10-6-9(5-4-8(10)7-17)18-12-3-1-2-11(15)13(12)16/h1-6,17H,7H2. The maximum atomic E-state index is 9.07. The van der Waals surface area contributed by atoms with Gasteiger partial charge in [-0.2, -0.15) is 0 Å². The molecule has 0 bridgehead atoms. The van der Waals surface area contributed by atoms with E-state index in [0.29, 0.717) is 21.5 Å². The number of rotatable bonds is 3. The lowest BCUT2D eigenvalue weighted by Gasteiger charge is -2.10.